The van der Waals surface area contributed by atoms with E-state index in [0.29, 0.717) is 12.0 Å². The minimum atomic E-state index is -1.40. The van der Waals surface area contributed by atoms with Gasteiger partial charge in [-0.1, -0.05) is 54.6 Å². The third-order valence-corrected chi connectivity index (χ3v) is 5.76. The van der Waals surface area contributed by atoms with Crippen LogP contribution in [0.5, 0.6) is 5.75 Å². The SMILES string of the molecule is COC1(C2(c3ccc(O)cc3)N=C(N)N(C)C2=O)C=CC=C(c2ccccc2)C1. The maximum absolute atomic E-state index is 13.6. The zero-order valence-corrected chi connectivity index (χ0v) is 16.4. The number of methoxy groups -OCH3 is 1. The van der Waals surface area contributed by atoms with Crippen LogP contribution in [0.1, 0.15) is 17.5 Å². The van der Waals surface area contributed by atoms with Crippen molar-refractivity contribution in [1.82, 2.24) is 4.90 Å². The predicted molar refractivity (Wildman–Crippen MR) is 112 cm³/mol. The van der Waals surface area contributed by atoms with Gasteiger partial charge in [-0.15, -0.1) is 0 Å². The van der Waals surface area contributed by atoms with Gasteiger partial charge in [0.05, 0.1) is 0 Å². The Balaban J connectivity index is 1.90. The van der Waals surface area contributed by atoms with Gasteiger partial charge in [-0.3, -0.25) is 9.69 Å². The average Bonchev–Trinajstić information content (AvgIpc) is 3.00. The largest absolute Gasteiger partial charge is 0.508 e. The summed E-state index contributed by atoms with van der Waals surface area (Å²) in [5, 5.41) is 9.77. The van der Waals surface area contributed by atoms with E-state index in [0.717, 1.165) is 11.1 Å². The maximum Gasteiger partial charge on any atom is 0.265 e. The first-order chi connectivity index (χ1) is 13.9. The van der Waals surface area contributed by atoms with Crippen LogP contribution in [0.2, 0.25) is 0 Å². The number of aromatic hydroxyl groups is 1. The summed E-state index contributed by atoms with van der Waals surface area (Å²) in [6.45, 7) is 0. The van der Waals surface area contributed by atoms with Gasteiger partial charge in [-0.2, -0.15) is 0 Å². The molecule has 0 radical (unpaired) electrons. The Bertz CT molecular complexity index is 1030. The minimum absolute atomic E-state index is 0.107. The van der Waals surface area contributed by atoms with E-state index >= 15 is 0 Å². The molecule has 148 valence electrons. The summed E-state index contributed by atoms with van der Waals surface area (Å²) in [5.74, 6) is -0.0413. The molecule has 2 aliphatic rings. The second-order valence-corrected chi connectivity index (χ2v) is 7.28. The average molecular weight is 389 g/mol. The fourth-order valence-corrected chi connectivity index (χ4v) is 4.16. The number of phenols is 1. The molecule has 0 aromatic heterocycles. The fourth-order valence-electron chi connectivity index (χ4n) is 4.16. The maximum atomic E-state index is 13.6. The number of amides is 1. The molecule has 0 spiro atoms. The third kappa shape index (κ3) is 2.76. The number of guanidine groups is 1. The lowest BCUT2D eigenvalue weighted by Gasteiger charge is -2.44. The van der Waals surface area contributed by atoms with Crippen LogP contribution in [0.15, 0.2) is 77.8 Å². The summed E-state index contributed by atoms with van der Waals surface area (Å²) in [6.07, 6.45) is 6.23. The summed E-state index contributed by atoms with van der Waals surface area (Å²) in [4.78, 5) is 19.6. The van der Waals surface area contributed by atoms with Gasteiger partial charge in [0.15, 0.2) is 5.96 Å². The quantitative estimate of drug-likeness (QED) is 0.842. The molecule has 0 bridgehead atoms. The van der Waals surface area contributed by atoms with Gasteiger partial charge in [0.2, 0.25) is 5.54 Å². The molecule has 2 atom stereocenters. The van der Waals surface area contributed by atoms with Crippen molar-refractivity contribution in [1.29, 1.82) is 0 Å². The molecule has 1 heterocycles. The van der Waals surface area contributed by atoms with Crippen molar-refractivity contribution >= 4 is 17.4 Å². The Morgan fingerprint density at radius 1 is 1.14 bits per heavy atom. The van der Waals surface area contributed by atoms with Crippen LogP contribution in [-0.4, -0.2) is 41.6 Å². The van der Waals surface area contributed by atoms with E-state index in [4.69, 9.17) is 10.5 Å². The zero-order chi connectivity index (χ0) is 20.6. The van der Waals surface area contributed by atoms with Crippen molar-refractivity contribution < 1.29 is 14.6 Å². The molecule has 2 aromatic carbocycles. The summed E-state index contributed by atoms with van der Waals surface area (Å²) < 4.78 is 6.07. The molecule has 2 unspecified atom stereocenters. The highest BCUT2D eigenvalue weighted by molar-refractivity contribution is 6.08. The normalized spacial score (nSPS) is 26.4. The summed E-state index contributed by atoms with van der Waals surface area (Å²) in [6, 6.07) is 16.4. The number of carbonyl (C=O) groups is 1. The topological polar surface area (TPSA) is 88.2 Å². The van der Waals surface area contributed by atoms with E-state index in [-0.39, 0.29) is 17.6 Å². The van der Waals surface area contributed by atoms with E-state index in [9.17, 15) is 9.90 Å². The standard InChI is InChI=1S/C23H23N3O3/c1-26-20(28)23(25-21(26)24,18-10-12-19(27)13-11-18)22(29-2)14-6-9-17(15-22)16-7-4-3-5-8-16/h3-14,27H,15H2,1-2H3,(H2,24,25). The molecular weight excluding hydrogens is 366 g/mol. The highest BCUT2D eigenvalue weighted by Crippen LogP contribution is 2.50. The van der Waals surface area contributed by atoms with Crippen molar-refractivity contribution in [3.8, 4) is 5.75 Å². The van der Waals surface area contributed by atoms with E-state index in [2.05, 4.69) is 4.99 Å². The molecule has 1 aliphatic heterocycles. The van der Waals surface area contributed by atoms with Crippen LogP contribution < -0.4 is 5.73 Å². The Morgan fingerprint density at radius 3 is 2.41 bits per heavy atom. The van der Waals surface area contributed by atoms with Crippen LogP contribution in [0.25, 0.3) is 5.57 Å². The number of phenolic OH excluding ortho intramolecular Hbond substituents is 1. The summed E-state index contributed by atoms with van der Waals surface area (Å²) >= 11 is 0. The second-order valence-electron chi connectivity index (χ2n) is 7.28. The highest BCUT2D eigenvalue weighted by atomic mass is 16.5. The van der Waals surface area contributed by atoms with Gasteiger partial charge in [-0.25, -0.2) is 4.99 Å². The molecule has 29 heavy (non-hydrogen) atoms. The molecule has 1 amide bonds. The van der Waals surface area contributed by atoms with Crippen LogP contribution in [-0.2, 0) is 15.1 Å². The van der Waals surface area contributed by atoms with Crippen molar-refractivity contribution in [2.75, 3.05) is 14.2 Å². The lowest BCUT2D eigenvalue weighted by atomic mass is 9.68. The number of carbonyl (C=O) groups excluding carboxylic acids is 1. The summed E-state index contributed by atoms with van der Waals surface area (Å²) in [7, 11) is 3.19. The van der Waals surface area contributed by atoms with Gasteiger partial charge in [0.25, 0.3) is 5.91 Å². The molecular formula is C23H23N3O3. The minimum Gasteiger partial charge on any atom is -0.508 e. The van der Waals surface area contributed by atoms with Gasteiger partial charge in [-0.05, 0) is 34.9 Å². The first-order valence-corrected chi connectivity index (χ1v) is 9.35. The number of hydrogen-bond acceptors (Lipinski definition) is 5. The molecule has 0 saturated heterocycles. The monoisotopic (exact) mass is 389 g/mol. The Morgan fingerprint density at radius 2 is 1.83 bits per heavy atom. The molecule has 0 fully saturated rings. The smallest absolute Gasteiger partial charge is 0.265 e. The molecule has 6 nitrogen and oxygen atoms in total. The number of benzene rings is 2. The van der Waals surface area contributed by atoms with E-state index in [1.165, 1.54) is 17.0 Å². The molecule has 3 N–H and O–H groups in total. The van der Waals surface area contributed by atoms with Gasteiger partial charge in [0, 0.05) is 20.6 Å². The second kappa shape index (κ2) is 6.90. The van der Waals surface area contributed by atoms with E-state index in [1.807, 2.05) is 48.6 Å². The van der Waals surface area contributed by atoms with Crippen molar-refractivity contribution in [3.05, 3.63) is 84.0 Å². The van der Waals surface area contributed by atoms with Crippen LogP contribution >= 0.6 is 0 Å². The third-order valence-electron chi connectivity index (χ3n) is 5.76. The number of hydrogen-bond donors (Lipinski definition) is 2. The number of aliphatic imine (C=N–C) groups is 1. The summed E-state index contributed by atoms with van der Waals surface area (Å²) in [5.41, 5.74) is 6.29. The first kappa shape index (κ1) is 19.0. The predicted octanol–water partition coefficient (Wildman–Crippen LogP) is 2.80. The highest BCUT2D eigenvalue weighted by Gasteiger charge is 2.62. The van der Waals surface area contributed by atoms with Gasteiger partial charge in [0.1, 0.15) is 11.4 Å². The van der Waals surface area contributed by atoms with Crippen LogP contribution in [0, 0.1) is 0 Å². The molecule has 0 saturated carbocycles. The Kier molecular flexibility index (Phi) is 4.51. The van der Waals surface area contributed by atoms with Crippen molar-refractivity contribution in [2.24, 2.45) is 10.7 Å². The molecule has 6 heteroatoms. The lowest BCUT2D eigenvalue weighted by Crippen LogP contribution is -2.57. The number of ether oxygens (including phenoxy) is 1. The van der Waals surface area contributed by atoms with Crippen molar-refractivity contribution in [2.45, 2.75) is 17.6 Å². The molecule has 2 aromatic rings. The Hall–Kier alpha value is -3.38. The van der Waals surface area contributed by atoms with Crippen LogP contribution in [0.3, 0.4) is 0 Å². The van der Waals surface area contributed by atoms with Crippen molar-refractivity contribution in [3.63, 3.8) is 0 Å². The number of nitrogens with two attached hydrogens (primary N) is 1. The number of nitrogens with zero attached hydrogens (tertiary/aromatic N) is 2. The number of rotatable bonds is 4. The zero-order valence-electron chi connectivity index (χ0n) is 16.4. The molecule has 4 rings (SSSR count). The molecule has 1 aliphatic carbocycles. The number of allylic oxidation sites excluding steroid dienone is 2. The van der Waals surface area contributed by atoms with Crippen LogP contribution in [0.4, 0.5) is 0 Å². The number of likely N-dealkylation sites (N-methyl/N-ethyl adjacent to an activating group) is 1. The Labute approximate surface area is 169 Å². The fraction of sp³-hybridized carbons (Fsp3) is 0.217. The van der Waals surface area contributed by atoms with Gasteiger partial charge < -0.3 is 15.6 Å². The lowest BCUT2D eigenvalue weighted by molar-refractivity contribution is -0.140. The van der Waals surface area contributed by atoms with Gasteiger partial charge >= 0.3 is 0 Å². The first-order valence-electron chi connectivity index (χ1n) is 9.35. The van der Waals surface area contributed by atoms with E-state index in [1.54, 1.807) is 26.3 Å². The van der Waals surface area contributed by atoms with E-state index < -0.39 is 11.1 Å².